The summed E-state index contributed by atoms with van der Waals surface area (Å²) in [5, 5.41) is 10.0. The number of hydrogen-bond donors (Lipinski definition) is 1. The fourth-order valence-corrected chi connectivity index (χ4v) is 1.71. The lowest BCUT2D eigenvalue weighted by Crippen LogP contribution is -2.36. The summed E-state index contributed by atoms with van der Waals surface area (Å²) >= 11 is 0. The molecule has 0 saturated heterocycles. The molecule has 2 atom stereocenters. The summed E-state index contributed by atoms with van der Waals surface area (Å²) in [4.78, 5) is 11.8. The highest BCUT2D eigenvalue weighted by molar-refractivity contribution is 5.73. The SMILES string of the molecule is CCC(CC)C(O)C(C)C(=O)OC(C)(C)C. The molecule has 0 fully saturated rings. The number of rotatable bonds is 5. The number of ether oxygens (including phenoxy) is 1. The van der Waals surface area contributed by atoms with Crippen molar-refractivity contribution in [2.45, 2.75) is 66.1 Å². The Bertz CT molecular complexity index is 214. The molecule has 3 nitrogen and oxygen atoms in total. The van der Waals surface area contributed by atoms with Crippen molar-refractivity contribution in [2.24, 2.45) is 11.8 Å². The number of esters is 1. The van der Waals surface area contributed by atoms with Crippen LogP contribution in [-0.4, -0.2) is 22.8 Å². The second kappa shape index (κ2) is 6.24. The Kier molecular flexibility index (Phi) is 6.01. The summed E-state index contributed by atoms with van der Waals surface area (Å²) in [5.41, 5.74) is -0.487. The minimum Gasteiger partial charge on any atom is -0.460 e. The van der Waals surface area contributed by atoms with Crippen molar-refractivity contribution in [3.05, 3.63) is 0 Å². The largest absolute Gasteiger partial charge is 0.460 e. The van der Waals surface area contributed by atoms with Gasteiger partial charge >= 0.3 is 5.97 Å². The second-order valence-corrected chi connectivity index (χ2v) is 5.39. The van der Waals surface area contributed by atoms with Gasteiger partial charge in [-0.3, -0.25) is 4.79 Å². The monoisotopic (exact) mass is 230 g/mol. The standard InChI is InChI=1S/C13H26O3/c1-7-10(8-2)11(14)9(3)12(15)16-13(4,5)6/h9-11,14H,7-8H2,1-6H3. The Balaban J connectivity index is 4.42. The molecule has 0 rings (SSSR count). The zero-order valence-corrected chi connectivity index (χ0v) is 11.4. The van der Waals surface area contributed by atoms with Gasteiger partial charge in [0, 0.05) is 0 Å². The summed E-state index contributed by atoms with van der Waals surface area (Å²) in [7, 11) is 0. The first-order valence-corrected chi connectivity index (χ1v) is 6.13. The smallest absolute Gasteiger partial charge is 0.311 e. The van der Waals surface area contributed by atoms with E-state index >= 15 is 0 Å². The molecule has 16 heavy (non-hydrogen) atoms. The fourth-order valence-electron chi connectivity index (χ4n) is 1.71. The average molecular weight is 230 g/mol. The van der Waals surface area contributed by atoms with Gasteiger partial charge in [0.1, 0.15) is 5.60 Å². The van der Waals surface area contributed by atoms with Gasteiger partial charge in [0.15, 0.2) is 0 Å². The summed E-state index contributed by atoms with van der Waals surface area (Å²) in [5.74, 6) is -0.599. The molecule has 0 bridgehead atoms. The third-order valence-electron chi connectivity index (χ3n) is 2.82. The second-order valence-electron chi connectivity index (χ2n) is 5.39. The molecule has 0 amide bonds. The van der Waals surface area contributed by atoms with Gasteiger partial charge in [0.2, 0.25) is 0 Å². The van der Waals surface area contributed by atoms with Crippen LogP contribution in [0, 0.1) is 11.8 Å². The molecule has 2 unspecified atom stereocenters. The van der Waals surface area contributed by atoms with E-state index in [1.54, 1.807) is 6.92 Å². The first-order chi connectivity index (χ1) is 7.22. The summed E-state index contributed by atoms with van der Waals surface area (Å²) in [6, 6.07) is 0. The summed E-state index contributed by atoms with van der Waals surface area (Å²) in [6.07, 6.45) is 1.15. The van der Waals surface area contributed by atoms with Crippen LogP contribution in [0.15, 0.2) is 0 Å². The molecule has 0 spiro atoms. The van der Waals surface area contributed by atoms with E-state index in [-0.39, 0.29) is 11.9 Å². The average Bonchev–Trinajstić information content (AvgIpc) is 2.15. The molecule has 0 aromatic carbocycles. The van der Waals surface area contributed by atoms with Crippen LogP contribution in [0.25, 0.3) is 0 Å². The van der Waals surface area contributed by atoms with E-state index in [0.29, 0.717) is 0 Å². The molecule has 0 heterocycles. The minimum atomic E-state index is -0.607. The van der Waals surface area contributed by atoms with Crippen LogP contribution in [0.4, 0.5) is 0 Å². The minimum absolute atomic E-state index is 0.169. The van der Waals surface area contributed by atoms with Gasteiger partial charge in [0.05, 0.1) is 12.0 Å². The zero-order valence-electron chi connectivity index (χ0n) is 11.4. The van der Waals surface area contributed by atoms with E-state index in [4.69, 9.17) is 4.74 Å². The lowest BCUT2D eigenvalue weighted by atomic mass is 9.88. The van der Waals surface area contributed by atoms with Gasteiger partial charge in [-0.2, -0.15) is 0 Å². The first kappa shape index (κ1) is 15.4. The van der Waals surface area contributed by atoms with Crippen LogP contribution in [0.5, 0.6) is 0 Å². The quantitative estimate of drug-likeness (QED) is 0.739. The maximum atomic E-state index is 11.8. The Morgan fingerprint density at radius 3 is 2.00 bits per heavy atom. The van der Waals surface area contributed by atoms with E-state index in [9.17, 15) is 9.90 Å². The third-order valence-corrected chi connectivity index (χ3v) is 2.82. The van der Waals surface area contributed by atoms with E-state index in [1.807, 2.05) is 34.6 Å². The van der Waals surface area contributed by atoms with Crippen molar-refractivity contribution < 1.29 is 14.6 Å². The molecule has 0 radical (unpaired) electrons. The van der Waals surface area contributed by atoms with Gasteiger partial charge in [-0.15, -0.1) is 0 Å². The molecule has 0 aliphatic heterocycles. The zero-order chi connectivity index (χ0) is 12.9. The van der Waals surface area contributed by atoms with Crippen molar-refractivity contribution in [2.75, 3.05) is 0 Å². The molecule has 0 aromatic heterocycles. The molecular weight excluding hydrogens is 204 g/mol. The Morgan fingerprint density at radius 2 is 1.69 bits per heavy atom. The highest BCUT2D eigenvalue weighted by Gasteiger charge is 2.30. The topological polar surface area (TPSA) is 46.5 Å². The number of aliphatic hydroxyl groups is 1. The summed E-state index contributed by atoms with van der Waals surface area (Å²) in [6.45, 7) is 11.3. The number of carbonyl (C=O) groups is 1. The number of hydrogen-bond acceptors (Lipinski definition) is 3. The van der Waals surface area contributed by atoms with Crippen molar-refractivity contribution in [1.29, 1.82) is 0 Å². The highest BCUT2D eigenvalue weighted by Crippen LogP contribution is 2.22. The van der Waals surface area contributed by atoms with Gasteiger partial charge in [-0.1, -0.05) is 26.7 Å². The lowest BCUT2D eigenvalue weighted by Gasteiger charge is -2.28. The van der Waals surface area contributed by atoms with Gasteiger partial charge in [0.25, 0.3) is 0 Å². The third kappa shape index (κ3) is 4.97. The molecule has 0 saturated carbocycles. The fraction of sp³-hybridized carbons (Fsp3) is 0.923. The molecule has 0 aliphatic rings. The number of carbonyl (C=O) groups excluding carboxylic acids is 1. The van der Waals surface area contributed by atoms with Crippen LogP contribution < -0.4 is 0 Å². The van der Waals surface area contributed by atoms with E-state index < -0.39 is 17.6 Å². The van der Waals surface area contributed by atoms with Crippen molar-refractivity contribution in [3.8, 4) is 0 Å². The predicted molar refractivity (Wildman–Crippen MR) is 65.1 cm³/mol. The van der Waals surface area contributed by atoms with Crippen molar-refractivity contribution in [1.82, 2.24) is 0 Å². The van der Waals surface area contributed by atoms with E-state index in [2.05, 4.69) is 0 Å². The van der Waals surface area contributed by atoms with Crippen LogP contribution in [-0.2, 0) is 9.53 Å². The Hall–Kier alpha value is -0.570. The molecule has 0 aromatic rings. The summed E-state index contributed by atoms with van der Waals surface area (Å²) < 4.78 is 5.26. The maximum Gasteiger partial charge on any atom is 0.311 e. The van der Waals surface area contributed by atoms with Crippen LogP contribution in [0.3, 0.4) is 0 Å². The van der Waals surface area contributed by atoms with Crippen LogP contribution in [0.2, 0.25) is 0 Å². The van der Waals surface area contributed by atoms with Gasteiger partial charge in [-0.25, -0.2) is 0 Å². The highest BCUT2D eigenvalue weighted by atomic mass is 16.6. The maximum absolute atomic E-state index is 11.8. The van der Waals surface area contributed by atoms with Crippen LogP contribution >= 0.6 is 0 Å². The van der Waals surface area contributed by atoms with Gasteiger partial charge < -0.3 is 9.84 Å². The van der Waals surface area contributed by atoms with E-state index in [0.717, 1.165) is 12.8 Å². The molecule has 96 valence electrons. The molecule has 0 aliphatic carbocycles. The van der Waals surface area contributed by atoms with Gasteiger partial charge in [-0.05, 0) is 33.6 Å². The lowest BCUT2D eigenvalue weighted by molar-refractivity contribution is -0.164. The van der Waals surface area contributed by atoms with Crippen molar-refractivity contribution >= 4 is 5.97 Å². The molecule has 3 heteroatoms. The van der Waals surface area contributed by atoms with Crippen molar-refractivity contribution in [3.63, 3.8) is 0 Å². The predicted octanol–water partition coefficient (Wildman–Crippen LogP) is 2.76. The first-order valence-electron chi connectivity index (χ1n) is 6.13. The molecule has 1 N–H and O–H groups in total. The Labute approximate surface area is 99.2 Å². The molecular formula is C13H26O3. The normalized spacial score (nSPS) is 16.0. The van der Waals surface area contributed by atoms with Crippen LogP contribution in [0.1, 0.15) is 54.4 Å². The van der Waals surface area contributed by atoms with E-state index in [1.165, 1.54) is 0 Å². The number of aliphatic hydroxyl groups excluding tert-OH is 1. The Morgan fingerprint density at radius 1 is 1.25 bits per heavy atom.